The van der Waals surface area contributed by atoms with Crippen molar-refractivity contribution in [2.75, 3.05) is 0 Å². The van der Waals surface area contributed by atoms with E-state index in [0.29, 0.717) is 0 Å². The van der Waals surface area contributed by atoms with Crippen LogP contribution in [0.3, 0.4) is 0 Å². The number of carbonyl (C=O) groups is 2. The van der Waals surface area contributed by atoms with Crippen LogP contribution in [0.2, 0.25) is 0 Å². The third-order valence-corrected chi connectivity index (χ3v) is 2.74. The predicted octanol–water partition coefficient (Wildman–Crippen LogP) is 4.06. The molecule has 0 aromatic heterocycles. The van der Waals surface area contributed by atoms with Crippen molar-refractivity contribution in [2.45, 2.75) is 0 Å². The van der Waals surface area contributed by atoms with Crippen LogP contribution in [0.5, 0.6) is 11.5 Å². The summed E-state index contributed by atoms with van der Waals surface area (Å²) in [5, 5.41) is 41.7. The van der Waals surface area contributed by atoms with E-state index in [-0.39, 0.29) is 22.5 Å². The molecule has 0 saturated heterocycles. The van der Waals surface area contributed by atoms with E-state index < -0.39 is 23.4 Å². The summed E-state index contributed by atoms with van der Waals surface area (Å²) >= 11 is 0. The number of hydrogen-bond donors (Lipinski definition) is 4. The zero-order chi connectivity index (χ0) is 19.7. The number of hydrogen-bond acceptors (Lipinski definition) is 6. The molecule has 0 unspecified atom stereocenters. The predicted molar refractivity (Wildman–Crippen MR) is 87.7 cm³/mol. The summed E-state index contributed by atoms with van der Waals surface area (Å²) in [6.07, 6.45) is 0. The maximum Gasteiger partial charge on any atom is 0.339 e. The first-order valence-corrected chi connectivity index (χ1v) is 6.53. The molecule has 0 heterocycles. The molecule has 0 amide bonds. The second-order valence-electron chi connectivity index (χ2n) is 4.39. The third-order valence-electron chi connectivity index (χ3n) is 2.74. The fourth-order valence-corrected chi connectivity index (χ4v) is 1.63. The van der Waals surface area contributed by atoms with Crippen LogP contribution in [0.25, 0.3) is 20.9 Å². The lowest BCUT2D eigenvalue weighted by atomic mass is 10.2. The van der Waals surface area contributed by atoms with Gasteiger partial charge in [0.25, 0.3) is 0 Å². The van der Waals surface area contributed by atoms with E-state index in [9.17, 15) is 9.59 Å². The van der Waals surface area contributed by atoms with Crippen LogP contribution in [-0.4, -0.2) is 32.4 Å². The fourth-order valence-electron chi connectivity index (χ4n) is 1.63. The molecule has 0 atom stereocenters. The van der Waals surface area contributed by atoms with E-state index in [0.717, 1.165) is 12.1 Å². The summed E-state index contributed by atoms with van der Waals surface area (Å²) in [6.45, 7) is 0. The van der Waals surface area contributed by atoms with Gasteiger partial charge < -0.3 is 20.4 Å². The quantitative estimate of drug-likeness (QED) is 0.358. The summed E-state index contributed by atoms with van der Waals surface area (Å²) < 4.78 is 0. The summed E-state index contributed by atoms with van der Waals surface area (Å²) in [5.74, 6) is -3.30. The first-order valence-electron chi connectivity index (χ1n) is 6.53. The summed E-state index contributed by atoms with van der Waals surface area (Å²) in [6, 6.07) is 7.13. The SMILES string of the molecule is [N-]=[N+]=Nc1ccc(C(=O)O)c(O)c1.[N-]=[N+]=Nc1ccc(C(=O)O)c(O)c1. The Labute approximate surface area is 144 Å². The van der Waals surface area contributed by atoms with Gasteiger partial charge in [0, 0.05) is 21.2 Å². The van der Waals surface area contributed by atoms with Gasteiger partial charge in [0.05, 0.1) is 0 Å². The largest absolute Gasteiger partial charge is 0.507 e. The van der Waals surface area contributed by atoms with E-state index in [1.807, 2.05) is 0 Å². The molecule has 12 heteroatoms. The lowest BCUT2D eigenvalue weighted by Gasteiger charge is -1.98. The number of aromatic hydroxyl groups is 2. The van der Waals surface area contributed by atoms with E-state index in [1.54, 1.807) is 0 Å². The number of phenols is 2. The second-order valence-corrected chi connectivity index (χ2v) is 4.39. The molecule has 0 aliphatic rings. The van der Waals surface area contributed by atoms with Gasteiger partial charge in [0.2, 0.25) is 0 Å². The van der Waals surface area contributed by atoms with Crippen molar-refractivity contribution in [3.63, 3.8) is 0 Å². The van der Waals surface area contributed by atoms with Crippen molar-refractivity contribution in [1.29, 1.82) is 0 Å². The van der Waals surface area contributed by atoms with Gasteiger partial charge in [-0.3, -0.25) is 0 Å². The first-order chi connectivity index (χ1) is 12.3. The Morgan fingerprint density at radius 3 is 1.35 bits per heavy atom. The minimum Gasteiger partial charge on any atom is -0.507 e. The fraction of sp³-hybridized carbons (Fsp3) is 0. The molecule has 0 aliphatic carbocycles. The normalized spacial score (nSPS) is 8.92. The van der Waals surface area contributed by atoms with Gasteiger partial charge in [-0.2, -0.15) is 0 Å². The Balaban J connectivity index is 0.000000260. The van der Waals surface area contributed by atoms with Crippen LogP contribution in [-0.2, 0) is 0 Å². The van der Waals surface area contributed by atoms with Gasteiger partial charge in [0.15, 0.2) is 0 Å². The topological polar surface area (TPSA) is 213 Å². The van der Waals surface area contributed by atoms with E-state index >= 15 is 0 Å². The Kier molecular flexibility index (Phi) is 6.83. The number of nitrogens with zero attached hydrogens (tertiary/aromatic N) is 6. The minimum absolute atomic E-state index is 0.171. The third kappa shape index (κ3) is 5.35. The standard InChI is InChI=1S/2C7H5N3O3/c2*8-10-9-4-1-2-5(7(12)13)6(11)3-4/h2*1-3,11H,(H,12,13). The van der Waals surface area contributed by atoms with Gasteiger partial charge in [-0.05, 0) is 35.3 Å². The van der Waals surface area contributed by atoms with Gasteiger partial charge in [-0.25, -0.2) is 9.59 Å². The maximum atomic E-state index is 10.4. The molecular formula is C14H10N6O6. The van der Waals surface area contributed by atoms with Gasteiger partial charge in [-0.1, -0.05) is 22.4 Å². The van der Waals surface area contributed by atoms with Crippen LogP contribution in [0.1, 0.15) is 20.7 Å². The molecule has 2 rings (SSSR count). The highest BCUT2D eigenvalue weighted by Crippen LogP contribution is 2.24. The summed E-state index contributed by atoms with van der Waals surface area (Å²) in [7, 11) is 0. The molecule has 2 aromatic carbocycles. The number of azide groups is 2. The van der Waals surface area contributed by atoms with Crippen LogP contribution >= 0.6 is 0 Å². The Morgan fingerprint density at radius 1 is 0.769 bits per heavy atom. The zero-order valence-corrected chi connectivity index (χ0v) is 12.8. The molecule has 0 spiro atoms. The highest BCUT2D eigenvalue weighted by atomic mass is 16.4. The summed E-state index contributed by atoms with van der Waals surface area (Å²) in [4.78, 5) is 25.8. The van der Waals surface area contributed by atoms with Crippen molar-refractivity contribution in [3.8, 4) is 11.5 Å². The van der Waals surface area contributed by atoms with Crippen molar-refractivity contribution in [2.24, 2.45) is 10.2 Å². The highest BCUT2D eigenvalue weighted by Gasteiger charge is 2.09. The molecule has 4 N–H and O–H groups in total. The average Bonchev–Trinajstić information content (AvgIpc) is 2.55. The molecule has 0 saturated carbocycles. The Bertz CT molecular complexity index is 869. The van der Waals surface area contributed by atoms with E-state index in [4.69, 9.17) is 31.5 Å². The molecule has 132 valence electrons. The van der Waals surface area contributed by atoms with Crippen molar-refractivity contribution >= 4 is 23.3 Å². The highest BCUT2D eigenvalue weighted by molar-refractivity contribution is 5.91. The summed E-state index contributed by atoms with van der Waals surface area (Å²) in [5.41, 5.74) is 16.0. The monoisotopic (exact) mass is 358 g/mol. The molecule has 0 bridgehead atoms. The maximum absolute atomic E-state index is 10.4. The first kappa shape index (κ1) is 19.6. The van der Waals surface area contributed by atoms with Gasteiger partial charge >= 0.3 is 11.9 Å². The molecule has 0 fully saturated rings. The number of rotatable bonds is 4. The molecular weight excluding hydrogens is 348 g/mol. The molecule has 0 radical (unpaired) electrons. The van der Waals surface area contributed by atoms with Crippen molar-refractivity contribution < 1.29 is 30.0 Å². The van der Waals surface area contributed by atoms with E-state index in [1.165, 1.54) is 24.3 Å². The molecule has 0 aliphatic heterocycles. The smallest absolute Gasteiger partial charge is 0.339 e. The van der Waals surface area contributed by atoms with Crippen LogP contribution in [0.15, 0.2) is 46.6 Å². The zero-order valence-electron chi connectivity index (χ0n) is 12.8. The number of benzene rings is 2. The Hall–Kier alpha value is -4.40. The minimum atomic E-state index is -1.23. The van der Waals surface area contributed by atoms with Crippen molar-refractivity contribution in [1.82, 2.24) is 0 Å². The van der Waals surface area contributed by atoms with Crippen LogP contribution < -0.4 is 0 Å². The van der Waals surface area contributed by atoms with Gasteiger partial charge in [0.1, 0.15) is 22.6 Å². The Morgan fingerprint density at radius 2 is 1.12 bits per heavy atom. The average molecular weight is 358 g/mol. The molecule has 12 nitrogen and oxygen atoms in total. The second kappa shape index (κ2) is 9.03. The molecule has 26 heavy (non-hydrogen) atoms. The van der Waals surface area contributed by atoms with E-state index in [2.05, 4.69) is 20.1 Å². The number of carboxylic acids is 2. The number of carboxylic acid groups (broad SMARTS) is 2. The van der Waals surface area contributed by atoms with Gasteiger partial charge in [-0.15, -0.1) is 0 Å². The van der Waals surface area contributed by atoms with Crippen LogP contribution in [0.4, 0.5) is 11.4 Å². The number of aromatic carboxylic acids is 2. The van der Waals surface area contributed by atoms with Crippen molar-refractivity contribution in [3.05, 3.63) is 68.4 Å². The lowest BCUT2D eigenvalue weighted by Crippen LogP contribution is -1.95. The lowest BCUT2D eigenvalue weighted by molar-refractivity contribution is 0.0682. The molecule has 2 aromatic rings. The van der Waals surface area contributed by atoms with Crippen LogP contribution in [0, 0.1) is 0 Å².